The lowest BCUT2D eigenvalue weighted by Gasteiger charge is -2.26. The summed E-state index contributed by atoms with van der Waals surface area (Å²) in [6.45, 7) is 5.62. The molecule has 1 aromatic carbocycles. The molecule has 5 heteroatoms. The van der Waals surface area contributed by atoms with Gasteiger partial charge in [-0.05, 0) is 54.9 Å². The van der Waals surface area contributed by atoms with Gasteiger partial charge in [0.1, 0.15) is 13.2 Å². The van der Waals surface area contributed by atoms with Crippen LogP contribution in [0.25, 0.3) is 0 Å². The van der Waals surface area contributed by atoms with E-state index < -0.39 is 0 Å². The highest BCUT2D eigenvalue weighted by Crippen LogP contribution is 2.35. The van der Waals surface area contributed by atoms with E-state index in [1.807, 2.05) is 12.3 Å². The first kappa shape index (κ1) is 16.2. The molecule has 0 saturated carbocycles. The van der Waals surface area contributed by atoms with E-state index in [9.17, 15) is 0 Å². The average Bonchev–Trinajstić information content (AvgIpc) is 2.65. The van der Waals surface area contributed by atoms with Crippen molar-refractivity contribution in [3.05, 3.63) is 41.2 Å². The molecule has 2 aromatic rings. The van der Waals surface area contributed by atoms with Crippen LogP contribution in [-0.4, -0.2) is 23.2 Å². The molecule has 0 bridgehead atoms. The Kier molecular flexibility index (Phi) is 4.47. The minimum absolute atomic E-state index is 0.123. The molecule has 1 N–H and O–H groups in total. The summed E-state index contributed by atoms with van der Waals surface area (Å²) in [6.07, 6.45) is 6.62. The minimum atomic E-state index is 0.123. The zero-order chi connectivity index (χ0) is 17.2. The molecule has 2 heterocycles. The summed E-state index contributed by atoms with van der Waals surface area (Å²) >= 11 is 0. The molecule has 25 heavy (non-hydrogen) atoms. The van der Waals surface area contributed by atoms with E-state index in [4.69, 9.17) is 14.5 Å². The second kappa shape index (κ2) is 6.90. The Balaban J connectivity index is 1.59. The minimum Gasteiger partial charge on any atom is -0.486 e. The number of hydrogen-bond acceptors (Lipinski definition) is 5. The smallest absolute Gasteiger partial charge is 0.223 e. The van der Waals surface area contributed by atoms with Crippen LogP contribution in [0.2, 0.25) is 0 Å². The van der Waals surface area contributed by atoms with Crippen LogP contribution >= 0.6 is 0 Å². The summed E-state index contributed by atoms with van der Waals surface area (Å²) in [4.78, 5) is 9.32. The van der Waals surface area contributed by atoms with Crippen LogP contribution in [0.3, 0.4) is 0 Å². The Hall–Kier alpha value is -2.30. The third-order valence-corrected chi connectivity index (χ3v) is 4.94. The van der Waals surface area contributed by atoms with Gasteiger partial charge in [0.2, 0.25) is 5.95 Å². The first-order valence-electron chi connectivity index (χ1n) is 9.21. The fourth-order valence-corrected chi connectivity index (χ4v) is 3.57. The molecule has 4 rings (SSSR count). The third-order valence-electron chi connectivity index (χ3n) is 4.94. The van der Waals surface area contributed by atoms with Crippen molar-refractivity contribution >= 4 is 5.95 Å². The number of hydrogen-bond donors (Lipinski definition) is 1. The maximum absolute atomic E-state index is 5.73. The van der Waals surface area contributed by atoms with Gasteiger partial charge in [-0.15, -0.1) is 0 Å². The zero-order valence-electron chi connectivity index (χ0n) is 14.9. The Morgan fingerprint density at radius 3 is 2.68 bits per heavy atom. The van der Waals surface area contributed by atoms with Gasteiger partial charge in [0.25, 0.3) is 0 Å². The van der Waals surface area contributed by atoms with Crippen LogP contribution in [0.1, 0.15) is 49.6 Å². The number of benzene rings is 1. The molecule has 0 amide bonds. The number of anilines is 1. The lowest BCUT2D eigenvalue weighted by Crippen LogP contribution is -2.21. The molecular weight excluding hydrogens is 314 g/mol. The molecule has 0 spiro atoms. The van der Waals surface area contributed by atoms with Crippen LogP contribution < -0.4 is 14.8 Å². The molecule has 1 atom stereocenters. The quantitative estimate of drug-likeness (QED) is 0.914. The van der Waals surface area contributed by atoms with E-state index in [1.54, 1.807) is 0 Å². The number of nitrogens with one attached hydrogen (secondary N) is 1. The lowest BCUT2D eigenvalue weighted by molar-refractivity contribution is 0.171. The molecule has 0 radical (unpaired) electrons. The average molecular weight is 339 g/mol. The molecule has 1 unspecified atom stereocenters. The maximum atomic E-state index is 5.73. The predicted octanol–water partition coefficient (Wildman–Crippen LogP) is 3.94. The highest BCUT2D eigenvalue weighted by Gasteiger charge is 2.21. The molecule has 2 aliphatic rings. The van der Waals surface area contributed by atoms with E-state index >= 15 is 0 Å². The lowest BCUT2D eigenvalue weighted by atomic mass is 9.95. The van der Waals surface area contributed by atoms with Crippen molar-refractivity contribution in [1.29, 1.82) is 0 Å². The maximum Gasteiger partial charge on any atom is 0.223 e. The number of ether oxygens (including phenoxy) is 2. The van der Waals surface area contributed by atoms with E-state index in [-0.39, 0.29) is 6.04 Å². The van der Waals surface area contributed by atoms with Crippen LogP contribution in [0, 0.1) is 5.92 Å². The van der Waals surface area contributed by atoms with Gasteiger partial charge in [-0.25, -0.2) is 9.97 Å². The van der Waals surface area contributed by atoms with Crippen molar-refractivity contribution in [3.63, 3.8) is 0 Å². The second-order valence-electron chi connectivity index (χ2n) is 7.14. The van der Waals surface area contributed by atoms with Crippen molar-refractivity contribution in [2.24, 2.45) is 5.92 Å². The van der Waals surface area contributed by atoms with Crippen molar-refractivity contribution < 1.29 is 9.47 Å². The van der Waals surface area contributed by atoms with Gasteiger partial charge in [0.15, 0.2) is 11.5 Å². The Morgan fingerprint density at radius 1 is 1.04 bits per heavy atom. The number of rotatable bonds is 4. The van der Waals surface area contributed by atoms with E-state index in [1.165, 1.54) is 29.7 Å². The third kappa shape index (κ3) is 3.41. The van der Waals surface area contributed by atoms with Gasteiger partial charge < -0.3 is 14.8 Å². The van der Waals surface area contributed by atoms with Gasteiger partial charge in [0, 0.05) is 11.9 Å². The molecule has 1 aliphatic carbocycles. The normalized spacial score (nSPS) is 17.1. The van der Waals surface area contributed by atoms with Gasteiger partial charge in [-0.2, -0.15) is 0 Å². The van der Waals surface area contributed by atoms with E-state index in [0.717, 1.165) is 24.3 Å². The first-order valence-corrected chi connectivity index (χ1v) is 9.21. The number of nitrogens with zero attached hydrogens (tertiary/aromatic N) is 2. The molecule has 0 saturated heterocycles. The molecular formula is C20H25N3O2. The zero-order valence-corrected chi connectivity index (χ0v) is 14.9. The number of fused-ring (bicyclic) bond motifs is 2. The number of aromatic nitrogens is 2. The molecule has 1 aliphatic heterocycles. The number of aryl methyl sites for hydroxylation is 2. The fourth-order valence-electron chi connectivity index (χ4n) is 3.57. The Morgan fingerprint density at radius 2 is 1.84 bits per heavy atom. The van der Waals surface area contributed by atoms with Crippen molar-refractivity contribution in [2.75, 3.05) is 18.5 Å². The largest absolute Gasteiger partial charge is 0.486 e. The highest BCUT2D eigenvalue weighted by atomic mass is 16.6. The molecule has 1 aromatic heterocycles. The summed E-state index contributed by atoms with van der Waals surface area (Å²) < 4.78 is 11.4. The summed E-state index contributed by atoms with van der Waals surface area (Å²) in [5.41, 5.74) is 3.67. The summed E-state index contributed by atoms with van der Waals surface area (Å²) in [6, 6.07) is 6.29. The van der Waals surface area contributed by atoms with Gasteiger partial charge >= 0.3 is 0 Å². The van der Waals surface area contributed by atoms with Crippen LogP contribution in [0.5, 0.6) is 11.5 Å². The van der Waals surface area contributed by atoms with Crippen molar-refractivity contribution in [3.8, 4) is 11.5 Å². The van der Waals surface area contributed by atoms with Crippen LogP contribution in [-0.2, 0) is 12.8 Å². The fraction of sp³-hybridized carbons (Fsp3) is 0.500. The van der Waals surface area contributed by atoms with E-state index in [0.29, 0.717) is 25.1 Å². The predicted molar refractivity (Wildman–Crippen MR) is 97.3 cm³/mol. The molecule has 132 valence electrons. The monoisotopic (exact) mass is 339 g/mol. The topological polar surface area (TPSA) is 56.3 Å². The Bertz CT molecular complexity index is 761. The first-order chi connectivity index (χ1) is 12.2. The van der Waals surface area contributed by atoms with Crippen LogP contribution in [0.15, 0.2) is 24.4 Å². The van der Waals surface area contributed by atoms with Gasteiger partial charge in [-0.3, -0.25) is 0 Å². The standard InChI is InChI=1S/C20H25N3O2/c1-13(2)19(14-7-8-17-18(11-14)25-10-9-24-17)23-20-21-12-15-5-3-4-6-16(15)22-20/h7-8,11-13,19H,3-6,9-10H2,1-2H3,(H,21,22,23). The summed E-state index contributed by atoms with van der Waals surface area (Å²) in [5, 5.41) is 3.53. The highest BCUT2D eigenvalue weighted by molar-refractivity contribution is 5.46. The SMILES string of the molecule is CC(C)C(Nc1ncc2c(n1)CCCC2)c1ccc2c(c1)OCCO2. The molecule has 0 fully saturated rings. The second-order valence-corrected chi connectivity index (χ2v) is 7.14. The van der Waals surface area contributed by atoms with Crippen molar-refractivity contribution in [2.45, 2.75) is 45.6 Å². The van der Waals surface area contributed by atoms with Crippen molar-refractivity contribution in [1.82, 2.24) is 9.97 Å². The summed E-state index contributed by atoms with van der Waals surface area (Å²) in [7, 11) is 0. The van der Waals surface area contributed by atoms with Crippen LogP contribution in [0.4, 0.5) is 5.95 Å². The summed E-state index contributed by atoms with van der Waals surface area (Å²) in [5.74, 6) is 2.75. The van der Waals surface area contributed by atoms with Gasteiger partial charge in [-0.1, -0.05) is 19.9 Å². The molecule has 5 nitrogen and oxygen atoms in total. The van der Waals surface area contributed by atoms with E-state index in [2.05, 4.69) is 36.3 Å². The van der Waals surface area contributed by atoms with Gasteiger partial charge in [0.05, 0.1) is 6.04 Å². The Labute approximate surface area is 148 Å².